The summed E-state index contributed by atoms with van der Waals surface area (Å²) in [7, 11) is 2.91. The average Bonchev–Trinajstić information content (AvgIpc) is 2.84. The third-order valence-electron chi connectivity index (χ3n) is 5.95. The topological polar surface area (TPSA) is 83.1 Å². The lowest BCUT2D eigenvalue weighted by Gasteiger charge is -2.38. The molecule has 2 aromatic carbocycles. The fraction of sp³-hybridized carbons (Fsp3) is 0.333. The van der Waals surface area contributed by atoms with Gasteiger partial charge in [-0.3, -0.25) is 4.90 Å². The second kappa shape index (κ2) is 9.91. The molecule has 174 valence electrons. The molecule has 8 nitrogen and oxygen atoms in total. The first-order chi connectivity index (χ1) is 16.0. The molecule has 2 aromatic rings. The summed E-state index contributed by atoms with van der Waals surface area (Å²) in [5, 5.41) is 5.64. The Balaban J connectivity index is 1.53. The van der Waals surface area contributed by atoms with Crippen molar-refractivity contribution in [2.45, 2.75) is 6.04 Å². The molecule has 1 saturated heterocycles. The molecule has 0 radical (unpaired) electrons. The second-order valence-electron chi connectivity index (χ2n) is 7.93. The van der Waals surface area contributed by atoms with Crippen LogP contribution in [0.3, 0.4) is 0 Å². The zero-order chi connectivity index (χ0) is 23.4. The number of urea groups is 1. The molecule has 2 aliphatic rings. The number of amides is 2. The molecule has 0 unspecified atom stereocenters. The summed E-state index contributed by atoms with van der Waals surface area (Å²) in [6.07, 6.45) is 0. The number of carbonyl (C=O) groups is 2. The van der Waals surface area contributed by atoms with Crippen LogP contribution in [0, 0.1) is 5.82 Å². The number of anilines is 1. The molecule has 1 fully saturated rings. The first-order valence-corrected chi connectivity index (χ1v) is 10.7. The quantitative estimate of drug-likeness (QED) is 0.653. The van der Waals surface area contributed by atoms with Gasteiger partial charge in [0.05, 0.1) is 25.8 Å². The number of ether oxygens (including phenoxy) is 2. The van der Waals surface area contributed by atoms with Gasteiger partial charge in [-0.2, -0.15) is 0 Å². The number of rotatable bonds is 6. The van der Waals surface area contributed by atoms with Crippen molar-refractivity contribution >= 4 is 17.7 Å². The number of piperazine rings is 1. The van der Waals surface area contributed by atoms with Crippen molar-refractivity contribution in [3.63, 3.8) is 0 Å². The van der Waals surface area contributed by atoms with Crippen LogP contribution in [0.25, 0.3) is 0 Å². The minimum absolute atomic E-state index is 0.257. The Morgan fingerprint density at radius 1 is 1.03 bits per heavy atom. The van der Waals surface area contributed by atoms with Crippen LogP contribution in [0.4, 0.5) is 14.9 Å². The molecular formula is C24H27FN4O4. The number of hydrogen-bond acceptors (Lipinski definition) is 6. The highest BCUT2D eigenvalue weighted by atomic mass is 19.1. The molecule has 0 bridgehead atoms. The number of benzene rings is 2. The van der Waals surface area contributed by atoms with Gasteiger partial charge in [0.1, 0.15) is 11.6 Å². The summed E-state index contributed by atoms with van der Waals surface area (Å²) in [5.41, 5.74) is 2.63. The van der Waals surface area contributed by atoms with E-state index in [4.69, 9.17) is 9.47 Å². The number of methoxy groups -OCH3 is 2. The molecule has 33 heavy (non-hydrogen) atoms. The van der Waals surface area contributed by atoms with Gasteiger partial charge in [0.25, 0.3) is 0 Å². The summed E-state index contributed by atoms with van der Waals surface area (Å²) in [4.78, 5) is 29.6. The highest BCUT2D eigenvalue weighted by Crippen LogP contribution is 2.29. The summed E-state index contributed by atoms with van der Waals surface area (Å²) in [6, 6.07) is 12.7. The van der Waals surface area contributed by atoms with E-state index in [1.807, 2.05) is 12.1 Å². The molecule has 0 aromatic heterocycles. The smallest absolute Gasteiger partial charge is 0.338 e. The fourth-order valence-electron chi connectivity index (χ4n) is 4.18. The molecule has 2 aliphatic heterocycles. The van der Waals surface area contributed by atoms with E-state index >= 15 is 0 Å². The van der Waals surface area contributed by atoms with Gasteiger partial charge in [-0.25, -0.2) is 14.0 Å². The van der Waals surface area contributed by atoms with E-state index in [0.717, 1.165) is 37.4 Å². The normalized spacial score (nSPS) is 19.1. The molecule has 9 heteroatoms. The monoisotopic (exact) mass is 454 g/mol. The number of nitrogens with zero attached hydrogens (tertiary/aromatic N) is 2. The minimum Gasteiger partial charge on any atom is -0.497 e. The number of nitrogens with one attached hydrogen (secondary N) is 2. The predicted molar refractivity (Wildman–Crippen MR) is 121 cm³/mol. The standard InChI is InChI=1S/C24H27FN4O4/c1-32-19-9-3-16(4-10-19)22-21(23(30)33-2)20(26-24(31)27-22)15-28-11-13-29(14-12-28)18-7-5-17(25)6-8-18/h3-10,22H,11-15H2,1-2H3,(H2,26,27,31)/t22-/m0/s1. The third kappa shape index (κ3) is 5.09. The summed E-state index contributed by atoms with van der Waals surface area (Å²) < 4.78 is 23.5. The maximum Gasteiger partial charge on any atom is 0.338 e. The SMILES string of the molecule is COC(=O)C1=C(CN2CCN(c3ccc(F)cc3)CC2)NC(=O)N[C@H]1c1ccc(OC)cc1. The molecule has 2 amide bonds. The molecule has 1 atom stereocenters. The van der Waals surface area contributed by atoms with Gasteiger partial charge < -0.3 is 25.0 Å². The van der Waals surface area contributed by atoms with E-state index in [9.17, 15) is 14.0 Å². The van der Waals surface area contributed by atoms with E-state index in [1.54, 1.807) is 31.4 Å². The van der Waals surface area contributed by atoms with Gasteiger partial charge in [-0.15, -0.1) is 0 Å². The summed E-state index contributed by atoms with van der Waals surface area (Å²) in [6.45, 7) is 3.36. The number of halogens is 1. The fourth-order valence-corrected chi connectivity index (χ4v) is 4.18. The number of carbonyl (C=O) groups excluding carboxylic acids is 2. The van der Waals surface area contributed by atoms with Crippen LogP contribution < -0.4 is 20.3 Å². The van der Waals surface area contributed by atoms with Crippen molar-refractivity contribution < 1.29 is 23.5 Å². The van der Waals surface area contributed by atoms with Crippen LogP contribution in [0.5, 0.6) is 5.75 Å². The molecular weight excluding hydrogens is 427 g/mol. The Hall–Kier alpha value is -3.59. The van der Waals surface area contributed by atoms with Crippen molar-refractivity contribution in [3.05, 3.63) is 71.2 Å². The predicted octanol–water partition coefficient (Wildman–Crippen LogP) is 2.44. The van der Waals surface area contributed by atoms with Crippen molar-refractivity contribution in [1.82, 2.24) is 15.5 Å². The number of hydrogen-bond donors (Lipinski definition) is 2. The van der Waals surface area contributed by atoms with Crippen LogP contribution in [-0.2, 0) is 9.53 Å². The highest BCUT2D eigenvalue weighted by Gasteiger charge is 2.34. The Bertz CT molecular complexity index is 1030. The first-order valence-electron chi connectivity index (χ1n) is 10.7. The van der Waals surface area contributed by atoms with Crippen molar-refractivity contribution in [2.24, 2.45) is 0 Å². The van der Waals surface area contributed by atoms with Gasteiger partial charge in [0.2, 0.25) is 0 Å². The van der Waals surface area contributed by atoms with Crippen molar-refractivity contribution in [1.29, 1.82) is 0 Å². The Kier molecular flexibility index (Phi) is 6.79. The molecule has 4 rings (SSSR count). The van der Waals surface area contributed by atoms with E-state index in [-0.39, 0.29) is 11.8 Å². The Morgan fingerprint density at radius 3 is 2.30 bits per heavy atom. The maximum absolute atomic E-state index is 13.2. The molecule has 0 spiro atoms. The Labute approximate surface area is 192 Å². The van der Waals surface area contributed by atoms with Crippen LogP contribution in [0.2, 0.25) is 0 Å². The lowest BCUT2D eigenvalue weighted by atomic mass is 9.95. The molecule has 2 heterocycles. The Morgan fingerprint density at radius 2 is 1.70 bits per heavy atom. The zero-order valence-corrected chi connectivity index (χ0v) is 18.6. The van der Waals surface area contributed by atoms with E-state index in [2.05, 4.69) is 20.4 Å². The minimum atomic E-state index is -0.632. The van der Waals surface area contributed by atoms with Crippen molar-refractivity contribution in [2.75, 3.05) is 51.8 Å². The van der Waals surface area contributed by atoms with Gasteiger partial charge in [-0.1, -0.05) is 12.1 Å². The maximum atomic E-state index is 13.2. The van der Waals surface area contributed by atoms with E-state index in [1.165, 1.54) is 19.2 Å². The van der Waals surface area contributed by atoms with Crippen LogP contribution >= 0.6 is 0 Å². The van der Waals surface area contributed by atoms with E-state index < -0.39 is 12.0 Å². The van der Waals surface area contributed by atoms with Crippen LogP contribution in [0.15, 0.2) is 59.8 Å². The van der Waals surface area contributed by atoms with E-state index in [0.29, 0.717) is 23.6 Å². The van der Waals surface area contributed by atoms with Gasteiger partial charge in [-0.05, 0) is 42.0 Å². The lowest BCUT2D eigenvalue weighted by Crippen LogP contribution is -2.51. The molecule has 2 N–H and O–H groups in total. The van der Waals surface area contributed by atoms with Gasteiger partial charge in [0.15, 0.2) is 0 Å². The zero-order valence-electron chi connectivity index (χ0n) is 18.6. The highest BCUT2D eigenvalue weighted by molar-refractivity contribution is 5.95. The summed E-state index contributed by atoms with van der Waals surface area (Å²) in [5.74, 6) is -0.0714. The summed E-state index contributed by atoms with van der Waals surface area (Å²) >= 11 is 0. The lowest BCUT2D eigenvalue weighted by molar-refractivity contribution is -0.136. The van der Waals surface area contributed by atoms with Gasteiger partial charge in [0, 0.05) is 44.1 Å². The molecule has 0 saturated carbocycles. The first kappa shape index (κ1) is 22.6. The van der Waals surface area contributed by atoms with Crippen molar-refractivity contribution in [3.8, 4) is 5.75 Å². The van der Waals surface area contributed by atoms with Gasteiger partial charge >= 0.3 is 12.0 Å². The third-order valence-corrected chi connectivity index (χ3v) is 5.95. The molecule has 0 aliphatic carbocycles. The van der Waals surface area contributed by atoms with Crippen LogP contribution in [0.1, 0.15) is 11.6 Å². The number of esters is 1. The largest absolute Gasteiger partial charge is 0.497 e. The second-order valence-corrected chi connectivity index (χ2v) is 7.93. The average molecular weight is 455 g/mol. The van der Waals surface area contributed by atoms with Crippen LogP contribution in [-0.4, -0.2) is 63.8 Å².